The van der Waals surface area contributed by atoms with Crippen molar-refractivity contribution in [1.82, 2.24) is 10.2 Å². The van der Waals surface area contributed by atoms with E-state index in [-0.39, 0.29) is 28.6 Å². The maximum absolute atomic E-state index is 13.6. The van der Waals surface area contributed by atoms with Crippen LogP contribution in [0.5, 0.6) is 0 Å². The van der Waals surface area contributed by atoms with Gasteiger partial charge >= 0.3 is 5.97 Å². The van der Waals surface area contributed by atoms with Crippen LogP contribution in [0.1, 0.15) is 0 Å². The Kier molecular flexibility index (Phi) is 10.5. The summed E-state index contributed by atoms with van der Waals surface area (Å²) in [7, 11) is -2.39. The Labute approximate surface area is 268 Å². The lowest BCUT2D eigenvalue weighted by molar-refractivity contribution is -0.152. The minimum absolute atomic E-state index is 0. The Balaban J connectivity index is 0.00000387. The summed E-state index contributed by atoms with van der Waals surface area (Å²) >= 11 is 19.1. The van der Waals surface area contributed by atoms with Crippen LogP contribution in [0.15, 0.2) is 102 Å². The summed E-state index contributed by atoms with van der Waals surface area (Å²) in [6.45, 7) is -0.473. The number of nitrogens with one attached hydrogen (secondary N) is 1. The number of fused-ring (bicyclic) bond motifs is 1. The van der Waals surface area contributed by atoms with Crippen LogP contribution in [0.4, 0.5) is 0 Å². The van der Waals surface area contributed by atoms with Crippen molar-refractivity contribution in [2.45, 2.75) is 15.2 Å². The molecule has 0 aliphatic carbocycles. The van der Waals surface area contributed by atoms with E-state index in [2.05, 4.69) is 41.7 Å². The first-order valence-electron chi connectivity index (χ1n) is 12.4. The molecule has 2 atom stereocenters. The Morgan fingerprint density at radius 3 is 1.88 bits per heavy atom. The molecule has 0 bridgehead atoms. The number of nitrogens with zero attached hydrogens (tertiary/aromatic N) is 1. The van der Waals surface area contributed by atoms with Gasteiger partial charge in [0.15, 0.2) is 0 Å². The number of hydrogen-bond donors (Lipinski definition) is 1. The van der Waals surface area contributed by atoms with E-state index in [0.717, 1.165) is 21.5 Å². The molecule has 3 aromatic carbocycles. The van der Waals surface area contributed by atoms with Gasteiger partial charge in [-0.1, -0.05) is 89.4 Å². The number of halogens is 4. The summed E-state index contributed by atoms with van der Waals surface area (Å²) in [5.74, 6) is -0.666. The molecular weight excluding hydrogens is 690 g/mol. The normalized spacial score (nSPS) is 18.5. The smallest absolute Gasteiger partial charge is 0.355 e. The lowest BCUT2D eigenvalue weighted by Crippen LogP contribution is -3.00. The number of ether oxygens (including phenoxy) is 1. The molecule has 12 heteroatoms. The molecule has 2 aliphatic rings. The molecule has 1 saturated heterocycles. The van der Waals surface area contributed by atoms with Gasteiger partial charge in [-0.25, -0.2) is 4.79 Å². The maximum atomic E-state index is 13.6. The number of thioether (sulfide) groups is 1. The lowest BCUT2D eigenvalue weighted by atomic mass is 10.0. The zero-order valence-electron chi connectivity index (χ0n) is 21.5. The maximum Gasteiger partial charge on any atom is 0.355 e. The van der Waals surface area contributed by atoms with E-state index in [1.807, 2.05) is 54.6 Å². The Bertz CT molecular complexity index is 1330. The first-order valence-corrected chi connectivity index (χ1v) is 16.6. The summed E-state index contributed by atoms with van der Waals surface area (Å²) in [4.78, 5) is 39.4. The van der Waals surface area contributed by atoms with Gasteiger partial charge in [-0.3, -0.25) is 14.5 Å². The second-order valence-electron chi connectivity index (χ2n) is 9.29. The Morgan fingerprint density at radius 1 is 0.951 bits per heavy atom. The highest BCUT2D eigenvalue weighted by molar-refractivity contribution is 8.00. The number of benzene rings is 3. The summed E-state index contributed by atoms with van der Waals surface area (Å²) in [6.07, 6.45) is 0.982. The van der Waals surface area contributed by atoms with E-state index < -0.39 is 35.0 Å². The Morgan fingerprint density at radius 2 is 1.44 bits per heavy atom. The van der Waals surface area contributed by atoms with Gasteiger partial charge in [-0.2, -0.15) is 0 Å². The number of β-lactam (4-membered cyclic amide) rings is 1. The highest BCUT2D eigenvalue weighted by Gasteiger charge is 2.56. The second kappa shape index (κ2) is 13.5. The van der Waals surface area contributed by atoms with Crippen molar-refractivity contribution in [3.8, 4) is 0 Å². The molecular formula is C29H25BrCl3N2O4PS. The van der Waals surface area contributed by atoms with E-state index in [9.17, 15) is 14.4 Å². The second-order valence-corrected chi connectivity index (χ2v) is 16.4. The van der Waals surface area contributed by atoms with Gasteiger partial charge in [0.2, 0.25) is 10.2 Å². The molecule has 6 nitrogen and oxygen atoms in total. The van der Waals surface area contributed by atoms with E-state index in [1.165, 1.54) is 16.7 Å². The molecule has 0 aromatic heterocycles. The standard InChI is InChI=1S/C29H24Cl3N2O4PS.BrH/c30-29(31,32)18-38-28(37)25-20(17-40-27-24(33-19-35)26(36)34(25)27)16-39(21-10-4-1-5-11-21,22-12-6-2-7-13-22)23-14-8-3-9-15-23;/h1-15,19,24,27H,16-18H2;1H/t24-,27+;/m1./s1. The molecule has 0 radical (unpaired) electrons. The molecule has 2 heterocycles. The Hall–Kier alpha value is -2.06. The lowest BCUT2D eigenvalue weighted by Gasteiger charge is -2.49. The fourth-order valence-electron chi connectivity index (χ4n) is 5.16. The van der Waals surface area contributed by atoms with Crippen molar-refractivity contribution in [2.75, 3.05) is 18.5 Å². The van der Waals surface area contributed by atoms with Gasteiger partial charge in [0, 0.05) is 11.3 Å². The fraction of sp³-hybridized carbons (Fsp3) is 0.207. The van der Waals surface area contributed by atoms with Crippen molar-refractivity contribution in [3.05, 3.63) is 102 Å². The SMILES string of the molecule is O=CN[C@@H]1C(=O)N2C(C(=O)OCC(Cl)(Cl)Cl)=C(C[P+](c3ccccc3)(c3ccccc3)c3ccccc3)CS[C@@H]12.[Br-]. The number of esters is 1. The average molecular weight is 715 g/mol. The molecule has 2 amide bonds. The zero-order chi connectivity index (χ0) is 28.3. The van der Waals surface area contributed by atoms with Crippen molar-refractivity contribution in [2.24, 2.45) is 0 Å². The first kappa shape index (κ1) is 31.9. The number of carbonyl (C=O) groups is 3. The topological polar surface area (TPSA) is 75.7 Å². The predicted molar refractivity (Wildman–Crippen MR) is 164 cm³/mol. The molecule has 1 fully saturated rings. The van der Waals surface area contributed by atoms with Crippen LogP contribution in [-0.2, 0) is 19.1 Å². The van der Waals surface area contributed by atoms with Gasteiger partial charge in [0.25, 0.3) is 5.91 Å². The van der Waals surface area contributed by atoms with Gasteiger partial charge in [-0.15, -0.1) is 11.8 Å². The third-order valence-electron chi connectivity index (χ3n) is 6.87. The minimum atomic E-state index is -2.39. The summed E-state index contributed by atoms with van der Waals surface area (Å²) < 4.78 is 3.62. The van der Waals surface area contributed by atoms with Crippen LogP contribution in [-0.4, -0.2) is 56.9 Å². The van der Waals surface area contributed by atoms with Crippen LogP contribution in [0.2, 0.25) is 0 Å². The molecule has 0 saturated carbocycles. The number of alkyl halides is 3. The number of carbonyl (C=O) groups excluding carboxylic acids is 3. The van der Waals surface area contributed by atoms with E-state index in [0.29, 0.717) is 18.3 Å². The minimum Gasteiger partial charge on any atom is -1.00 e. The molecule has 3 aromatic rings. The largest absolute Gasteiger partial charge is 1.00 e. The van der Waals surface area contributed by atoms with Crippen LogP contribution in [0, 0.1) is 0 Å². The number of rotatable bonds is 9. The molecule has 5 rings (SSSR count). The highest BCUT2D eigenvalue weighted by atomic mass is 79.9. The van der Waals surface area contributed by atoms with Crippen molar-refractivity contribution in [3.63, 3.8) is 0 Å². The number of amides is 2. The van der Waals surface area contributed by atoms with Crippen molar-refractivity contribution in [1.29, 1.82) is 0 Å². The van der Waals surface area contributed by atoms with Crippen LogP contribution >= 0.6 is 53.8 Å². The van der Waals surface area contributed by atoms with Gasteiger partial charge in [-0.05, 0) is 36.4 Å². The van der Waals surface area contributed by atoms with Crippen molar-refractivity contribution < 1.29 is 36.1 Å². The van der Waals surface area contributed by atoms with Gasteiger partial charge in [0.1, 0.15) is 46.9 Å². The van der Waals surface area contributed by atoms with Gasteiger partial charge in [0.05, 0.1) is 6.16 Å². The molecule has 0 unspecified atom stereocenters. The summed E-state index contributed by atoms with van der Waals surface area (Å²) in [5, 5.41) is 5.53. The van der Waals surface area contributed by atoms with Crippen LogP contribution in [0.25, 0.3) is 0 Å². The summed E-state index contributed by atoms with van der Waals surface area (Å²) in [6, 6.07) is 30.0. The molecule has 1 N–H and O–H groups in total. The number of hydrogen-bond acceptors (Lipinski definition) is 5. The quantitative estimate of drug-likeness (QED) is 0.119. The van der Waals surface area contributed by atoms with E-state index in [4.69, 9.17) is 39.5 Å². The monoisotopic (exact) mass is 712 g/mol. The third kappa shape index (κ3) is 6.48. The molecule has 0 spiro atoms. The van der Waals surface area contributed by atoms with Gasteiger partial charge < -0.3 is 27.0 Å². The van der Waals surface area contributed by atoms with Crippen LogP contribution < -0.4 is 38.2 Å². The molecule has 214 valence electrons. The predicted octanol–water partition coefficient (Wildman–Crippen LogP) is 1.18. The molecule has 2 aliphatic heterocycles. The van der Waals surface area contributed by atoms with E-state index >= 15 is 0 Å². The summed E-state index contributed by atoms with van der Waals surface area (Å²) in [5.41, 5.74) is 0.914. The highest BCUT2D eigenvalue weighted by Crippen LogP contribution is 2.58. The molecule has 41 heavy (non-hydrogen) atoms. The van der Waals surface area contributed by atoms with Crippen LogP contribution in [0.3, 0.4) is 0 Å². The third-order valence-corrected chi connectivity index (χ3v) is 12.9. The zero-order valence-corrected chi connectivity index (χ0v) is 27.0. The average Bonchev–Trinajstić information content (AvgIpc) is 2.98. The first-order chi connectivity index (χ1) is 19.3. The fourth-order valence-corrected chi connectivity index (χ4v) is 11.1. The van der Waals surface area contributed by atoms with Crippen molar-refractivity contribution >= 4 is 88.0 Å². The van der Waals surface area contributed by atoms with E-state index in [1.54, 1.807) is 0 Å².